The third-order valence-corrected chi connectivity index (χ3v) is 6.84. The van der Waals surface area contributed by atoms with Gasteiger partial charge in [-0.05, 0) is 38.3 Å². The molecule has 1 saturated carbocycles. The Kier molecular flexibility index (Phi) is 4.66. The SMILES string of the molecule is CO[C@@H]1CCCC[C@H]1NS(=O)(=O)c1cc(C)c(C)s1. The lowest BCUT2D eigenvalue weighted by atomic mass is 9.93. The molecule has 0 spiro atoms. The second-order valence-electron chi connectivity index (χ2n) is 5.09. The lowest BCUT2D eigenvalue weighted by molar-refractivity contribution is 0.0493. The van der Waals surface area contributed by atoms with E-state index < -0.39 is 10.0 Å². The first-order chi connectivity index (χ1) is 8.94. The van der Waals surface area contributed by atoms with Gasteiger partial charge in [0.05, 0.1) is 6.10 Å². The molecule has 1 N–H and O–H groups in total. The van der Waals surface area contributed by atoms with Crippen molar-refractivity contribution in [1.29, 1.82) is 0 Å². The molecule has 2 rings (SSSR count). The van der Waals surface area contributed by atoms with Crippen LogP contribution in [0.1, 0.15) is 36.1 Å². The average molecular weight is 303 g/mol. The Morgan fingerprint density at radius 2 is 2.00 bits per heavy atom. The molecule has 0 saturated heterocycles. The number of nitrogens with one attached hydrogen (secondary N) is 1. The number of methoxy groups -OCH3 is 1. The van der Waals surface area contributed by atoms with Crippen LogP contribution in [0.4, 0.5) is 0 Å². The van der Waals surface area contributed by atoms with Crippen molar-refractivity contribution in [3.63, 3.8) is 0 Å². The lowest BCUT2D eigenvalue weighted by Crippen LogP contribution is -2.45. The van der Waals surface area contributed by atoms with Crippen molar-refractivity contribution in [3.8, 4) is 0 Å². The molecule has 1 fully saturated rings. The zero-order chi connectivity index (χ0) is 14.0. The van der Waals surface area contributed by atoms with Gasteiger partial charge in [0.1, 0.15) is 4.21 Å². The van der Waals surface area contributed by atoms with Gasteiger partial charge < -0.3 is 4.74 Å². The van der Waals surface area contributed by atoms with Crippen molar-refractivity contribution >= 4 is 21.4 Å². The fourth-order valence-electron chi connectivity index (χ4n) is 2.44. The minimum absolute atomic E-state index is 0.00863. The van der Waals surface area contributed by atoms with Crippen molar-refractivity contribution < 1.29 is 13.2 Å². The van der Waals surface area contributed by atoms with E-state index in [1.54, 1.807) is 13.2 Å². The van der Waals surface area contributed by atoms with Crippen molar-refractivity contribution in [2.75, 3.05) is 7.11 Å². The molecule has 108 valence electrons. The maximum atomic E-state index is 12.4. The zero-order valence-electron chi connectivity index (χ0n) is 11.6. The van der Waals surface area contributed by atoms with E-state index in [0.717, 1.165) is 36.1 Å². The summed E-state index contributed by atoms with van der Waals surface area (Å²) in [5.41, 5.74) is 1.03. The molecule has 19 heavy (non-hydrogen) atoms. The summed E-state index contributed by atoms with van der Waals surface area (Å²) in [6.45, 7) is 3.88. The molecular formula is C13H21NO3S2. The van der Waals surface area contributed by atoms with Crippen LogP contribution < -0.4 is 4.72 Å². The molecule has 0 amide bonds. The monoisotopic (exact) mass is 303 g/mol. The third-order valence-electron chi connectivity index (χ3n) is 3.72. The highest BCUT2D eigenvalue weighted by Gasteiger charge is 2.30. The average Bonchev–Trinajstić information content (AvgIpc) is 2.71. The van der Waals surface area contributed by atoms with Crippen molar-refractivity contribution in [1.82, 2.24) is 4.72 Å². The normalized spacial score (nSPS) is 24.6. The second-order valence-corrected chi connectivity index (χ2v) is 8.29. The van der Waals surface area contributed by atoms with Crippen LogP contribution in [-0.4, -0.2) is 27.7 Å². The highest BCUT2D eigenvalue weighted by molar-refractivity contribution is 7.91. The fraction of sp³-hybridized carbons (Fsp3) is 0.692. The van der Waals surface area contributed by atoms with Crippen LogP contribution >= 0.6 is 11.3 Å². The number of hydrogen-bond acceptors (Lipinski definition) is 4. The van der Waals surface area contributed by atoms with Crippen LogP contribution in [0, 0.1) is 13.8 Å². The molecule has 0 bridgehead atoms. The van der Waals surface area contributed by atoms with Gasteiger partial charge in [-0.2, -0.15) is 0 Å². The Bertz CT molecular complexity index is 517. The number of aryl methyl sites for hydroxylation is 2. The quantitative estimate of drug-likeness (QED) is 0.930. The second kappa shape index (κ2) is 5.91. The van der Waals surface area contributed by atoms with E-state index >= 15 is 0 Å². The molecule has 1 aliphatic rings. The standard InChI is InChI=1S/C13H21NO3S2/c1-9-8-13(18-10(9)2)19(15,16)14-11-6-4-5-7-12(11)17-3/h8,11-12,14H,4-7H2,1-3H3/t11-,12-/m1/s1. The Morgan fingerprint density at radius 1 is 1.32 bits per heavy atom. The van der Waals surface area contributed by atoms with E-state index in [9.17, 15) is 8.42 Å². The van der Waals surface area contributed by atoms with Gasteiger partial charge in [-0.25, -0.2) is 13.1 Å². The number of sulfonamides is 1. The Hall–Kier alpha value is -0.430. The number of ether oxygens (including phenoxy) is 1. The van der Waals surface area contributed by atoms with Gasteiger partial charge in [-0.1, -0.05) is 12.8 Å². The molecular weight excluding hydrogens is 282 g/mol. The highest BCUT2D eigenvalue weighted by atomic mass is 32.2. The first-order valence-electron chi connectivity index (χ1n) is 6.56. The number of hydrogen-bond donors (Lipinski definition) is 1. The maximum Gasteiger partial charge on any atom is 0.250 e. The van der Waals surface area contributed by atoms with Crippen LogP contribution in [-0.2, 0) is 14.8 Å². The molecule has 0 aliphatic heterocycles. The lowest BCUT2D eigenvalue weighted by Gasteiger charge is -2.30. The van der Waals surface area contributed by atoms with Gasteiger partial charge >= 0.3 is 0 Å². The minimum atomic E-state index is -3.42. The van der Waals surface area contributed by atoms with Crippen LogP contribution in [0.15, 0.2) is 10.3 Å². The molecule has 1 aromatic heterocycles. The van der Waals surface area contributed by atoms with Gasteiger partial charge in [-0.15, -0.1) is 11.3 Å². The van der Waals surface area contributed by atoms with Gasteiger partial charge in [0.15, 0.2) is 0 Å². The Balaban J connectivity index is 2.16. The number of thiophene rings is 1. The van der Waals surface area contributed by atoms with E-state index in [4.69, 9.17) is 4.74 Å². The van der Waals surface area contributed by atoms with Crippen molar-refractivity contribution in [3.05, 3.63) is 16.5 Å². The summed E-state index contributed by atoms with van der Waals surface area (Å²) in [5.74, 6) is 0. The minimum Gasteiger partial charge on any atom is -0.380 e. The van der Waals surface area contributed by atoms with Gasteiger partial charge in [0, 0.05) is 18.0 Å². The van der Waals surface area contributed by atoms with Gasteiger partial charge in [0.2, 0.25) is 10.0 Å². The smallest absolute Gasteiger partial charge is 0.250 e. The summed E-state index contributed by atoms with van der Waals surface area (Å²) in [6.07, 6.45) is 3.92. The third kappa shape index (κ3) is 3.37. The Labute approximate surface area is 119 Å². The highest BCUT2D eigenvalue weighted by Crippen LogP contribution is 2.27. The zero-order valence-corrected chi connectivity index (χ0v) is 13.2. The summed E-state index contributed by atoms with van der Waals surface area (Å²) in [7, 11) is -1.77. The van der Waals surface area contributed by atoms with Crippen molar-refractivity contribution in [2.24, 2.45) is 0 Å². The van der Waals surface area contributed by atoms with E-state index in [-0.39, 0.29) is 12.1 Å². The molecule has 1 heterocycles. The molecule has 0 unspecified atom stereocenters. The predicted molar refractivity (Wildman–Crippen MR) is 77.2 cm³/mol. The molecule has 1 aliphatic carbocycles. The Morgan fingerprint density at radius 3 is 2.58 bits per heavy atom. The summed E-state index contributed by atoms with van der Waals surface area (Å²) < 4.78 is 33.3. The molecule has 1 aromatic rings. The summed E-state index contributed by atoms with van der Waals surface area (Å²) in [5, 5.41) is 0. The van der Waals surface area contributed by atoms with Gasteiger partial charge in [-0.3, -0.25) is 0 Å². The predicted octanol–water partition coefficient (Wildman–Crippen LogP) is 2.60. The summed E-state index contributed by atoms with van der Waals surface area (Å²) in [6, 6.07) is 1.64. The van der Waals surface area contributed by atoms with Crippen molar-refractivity contribution in [2.45, 2.75) is 55.9 Å². The van der Waals surface area contributed by atoms with E-state index in [1.165, 1.54) is 11.3 Å². The first kappa shape index (κ1) is 15.0. The molecule has 0 radical (unpaired) electrons. The topological polar surface area (TPSA) is 55.4 Å². The summed E-state index contributed by atoms with van der Waals surface area (Å²) in [4.78, 5) is 1.05. The van der Waals surface area contributed by atoms with E-state index in [2.05, 4.69) is 4.72 Å². The molecule has 2 atom stereocenters. The molecule has 4 nitrogen and oxygen atoms in total. The fourth-order valence-corrected chi connectivity index (χ4v) is 5.27. The van der Waals surface area contributed by atoms with Crippen LogP contribution in [0.2, 0.25) is 0 Å². The first-order valence-corrected chi connectivity index (χ1v) is 8.86. The van der Waals surface area contributed by atoms with Crippen LogP contribution in [0.3, 0.4) is 0 Å². The maximum absolute atomic E-state index is 12.4. The van der Waals surface area contributed by atoms with Crippen LogP contribution in [0.25, 0.3) is 0 Å². The van der Waals surface area contributed by atoms with Gasteiger partial charge in [0.25, 0.3) is 0 Å². The van der Waals surface area contributed by atoms with E-state index in [1.807, 2.05) is 13.8 Å². The van der Waals surface area contributed by atoms with Crippen LogP contribution in [0.5, 0.6) is 0 Å². The molecule has 6 heteroatoms. The molecule has 0 aromatic carbocycles. The largest absolute Gasteiger partial charge is 0.380 e. The van der Waals surface area contributed by atoms with E-state index in [0.29, 0.717) is 4.21 Å². The summed E-state index contributed by atoms with van der Waals surface area (Å²) >= 11 is 1.33. The number of rotatable bonds is 4.